The summed E-state index contributed by atoms with van der Waals surface area (Å²) in [6.45, 7) is 3.20. The summed E-state index contributed by atoms with van der Waals surface area (Å²) < 4.78 is 0. The van der Waals surface area contributed by atoms with E-state index in [0.717, 1.165) is 50.8 Å². The second-order valence-corrected chi connectivity index (χ2v) is 8.67. The Morgan fingerprint density at radius 3 is 2.40 bits per heavy atom. The summed E-state index contributed by atoms with van der Waals surface area (Å²) >= 11 is 0. The Kier molecular flexibility index (Phi) is 7.71. The second-order valence-electron chi connectivity index (χ2n) is 8.67. The number of rotatable bonds is 6. The van der Waals surface area contributed by atoms with E-state index in [9.17, 15) is 14.4 Å². The van der Waals surface area contributed by atoms with Crippen molar-refractivity contribution in [2.45, 2.75) is 45.1 Å². The summed E-state index contributed by atoms with van der Waals surface area (Å²) in [5.41, 5.74) is 6.52. The van der Waals surface area contributed by atoms with Crippen molar-refractivity contribution in [2.75, 3.05) is 33.2 Å². The van der Waals surface area contributed by atoms with E-state index in [0.29, 0.717) is 32.0 Å². The van der Waals surface area contributed by atoms with Gasteiger partial charge in [-0.25, -0.2) is 4.79 Å². The van der Waals surface area contributed by atoms with Crippen molar-refractivity contribution < 1.29 is 14.4 Å². The molecule has 1 aromatic rings. The molecule has 30 heavy (non-hydrogen) atoms. The summed E-state index contributed by atoms with van der Waals surface area (Å²) in [6, 6.07) is 9.58. The van der Waals surface area contributed by atoms with Crippen LogP contribution in [0.4, 0.5) is 4.79 Å². The number of benzene rings is 1. The number of carbonyl (C=O) groups excluding carboxylic acids is 3. The van der Waals surface area contributed by atoms with E-state index >= 15 is 0 Å². The fourth-order valence-electron chi connectivity index (χ4n) is 4.54. The predicted molar refractivity (Wildman–Crippen MR) is 115 cm³/mol. The SMILES string of the molecule is CN(Cc1ccccc1)C(=O)CCC1CCN(C(=O)[C@H]2CCCN(C(N)=O)C2)CC1. The van der Waals surface area contributed by atoms with Gasteiger partial charge in [0.05, 0.1) is 5.92 Å². The highest BCUT2D eigenvalue weighted by atomic mass is 16.2. The highest BCUT2D eigenvalue weighted by Gasteiger charge is 2.32. The standard InChI is InChI=1S/C23H34N4O3/c1-25(16-19-6-3-2-4-7-19)21(28)10-9-18-11-14-26(15-12-18)22(29)20-8-5-13-27(17-20)23(24)30/h2-4,6-7,18,20H,5,8-17H2,1H3,(H2,24,30)/t20-/m0/s1. The van der Waals surface area contributed by atoms with Gasteiger partial charge in [-0.05, 0) is 43.6 Å². The number of urea groups is 1. The van der Waals surface area contributed by atoms with Crippen LogP contribution in [0.25, 0.3) is 0 Å². The monoisotopic (exact) mass is 414 g/mol. The number of primary amides is 1. The van der Waals surface area contributed by atoms with Gasteiger partial charge in [0.15, 0.2) is 0 Å². The number of nitrogens with two attached hydrogens (primary N) is 1. The van der Waals surface area contributed by atoms with E-state index < -0.39 is 6.03 Å². The Balaban J connectivity index is 1.38. The number of hydrogen-bond donors (Lipinski definition) is 1. The molecule has 2 N–H and O–H groups in total. The van der Waals surface area contributed by atoms with Gasteiger partial charge in [0.2, 0.25) is 11.8 Å². The molecule has 2 heterocycles. The van der Waals surface area contributed by atoms with Crippen LogP contribution in [0.3, 0.4) is 0 Å². The molecule has 2 saturated heterocycles. The zero-order valence-electron chi connectivity index (χ0n) is 18.0. The van der Waals surface area contributed by atoms with Crippen molar-refractivity contribution in [1.29, 1.82) is 0 Å². The highest BCUT2D eigenvalue weighted by Crippen LogP contribution is 2.26. The summed E-state index contributed by atoms with van der Waals surface area (Å²) in [5, 5.41) is 0. The van der Waals surface area contributed by atoms with Crippen LogP contribution in [-0.4, -0.2) is 65.8 Å². The molecule has 2 aliphatic rings. The van der Waals surface area contributed by atoms with Crippen LogP contribution in [0.5, 0.6) is 0 Å². The zero-order chi connectivity index (χ0) is 21.5. The Bertz CT molecular complexity index is 731. The molecule has 2 fully saturated rings. The topological polar surface area (TPSA) is 87.0 Å². The maximum absolute atomic E-state index is 12.8. The number of hydrogen-bond acceptors (Lipinski definition) is 3. The summed E-state index contributed by atoms with van der Waals surface area (Å²) in [6.07, 6.45) is 4.96. The minimum Gasteiger partial charge on any atom is -0.351 e. The minimum absolute atomic E-state index is 0.129. The van der Waals surface area contributed by atoms with Crippen molar-refractivity contribution in [3.05, 3.63) is 35.9 Å². The first-order valence-corrected chi connectivity index (χ1v) is 11.0. The van der Waals surface area contributed by atoms with E-state index in [1.807, 2.05) is 42.3 Å². The Hall–Kier alpha value is -2.57. The molecule has 1 atom stereocenters. The summed E-state index contributed by atoms with van der Waals surface area (Å²) in [5.74, 6) is 0.678. The molecule has 7 heteroatoms. The molecule has 3 rings (SSSR count). The van der Waals surface area contributed by atoms with Crippen molar-refractivity contribution >= 4 is 17.8 Å². The van der Waals surface area contributed by atoms with Crippen molar-refractivity contribution in [3.63, 3.8) is 0 Å². The van der Waals surface area contributed by atoms with Crippen molar-refractivity contribution in [3.8, 4) is 0 Å². The summed E-state index contributed by atoms with van der Waals surface area (Å²) in [7, 11) is 1.86. The molecule has 7 nitrogen and oxygen atoms in total. The molecular weight excluding hydrogens is 380 g/mol. The first-order chi connectivity index (χ1) is 14.4. The number of carbonyl (C=O) groups is 3. The molecule has 0 aromatic heterocycles. The van der Waals surface area contributed by atoms with Crippen LogP contribution in [0.2, 0.25) is 0 Å². The van der Waals surface area contributed by atoms with Crippen LogP contribution in [-0.2, 0) is 16.1 Å². The fraction of sp³-hybridized carbons (Fsp3) is 0.609. The molecule has 0 bridgehead atoms. The molecule has 4 amide bonds. The van der Waals surface area contributed by atoms with Gasteiger partial charge in [0, 0.05) is 46.2 Å². The molecule has 0 radical (unpaired) electrons. The number of nitrogens with zero attached hydrogens (tertiary/aromatic N) is 3. The Morgan fingerprint density at radius 1 is 1.03 bits per heavy atom. The van der Waals surface area contributed by atoms with Gasteiger partial charge in [-0.15, -0.1) is 0 Å². The largest absolute Gasteiger partial charge is 0.351 e. The average Bonchev–Trinajstić information content (AvgIpc) is 2.78. The third-order valence-corrected chi connectivity index (χ3v) is 6.46. The first-order valence-electron chi connectivity index (χ1n) is 11.0. The molecule has 1 aromatic carbocycles. The number of likely N-dealkylation sites (tertiary alicyclic amines) is 2. The van der Waals surface area contributed by atoms with Gasteiger partial charge in [-0.1, -0.05) is 30.3 Å². The third-order valence-electron chi connectivity index (χ3n) is 6.46. The number of amides is 4. The lowest BCUT2D eigenvalue weighted by Gasteiger charge is -2.37. The quantitative estimate of drug-likeness (QED) is 0.776. The smallest absolute Gasteiger partial charge is 0.314 e. The van der Waals surface area contributed by atoms with Gasteiger partial charge in [-0.3, -0.25) is 9.59 Å². The molecular formula is C23H34N4O3. The van der Waals surface area contributed by atoms with Gasteiger partial charge in [0.25, 0.3) is 0 Å². The minimum atomic E-state index is -0.437. The first kappa shape index (κ1) is 22.1. The van der Waals surface area contributed by atoms with Crippen LogP contribution in [0.15, 0.2) is 30.3 Å². The molecule has 0 saturated carbocycles. The van der Waals surface area contributed by atoms with Gasteiger partial charge in [-0.2, -0.15) is 0 Å². The van der Waals surface area contributed by atoms with Crippen LogP contribution >= 0.6 is 0 Å². The van der Waals surface area contributed by atoms with Crippen molar-refractivity contribution in [2.24, 2.45) is 17.6 Å². The highest BCUT2D eigenvalue weighted by molar-refractivity contribution is 5.80. The third kappa shape index (κ3) is 5.97. The van der Waals surface area contributed by atoms with Crippen LogP contribution in [0.1, 0.15) is 44.1 Å². The maximum Gasteiger partial charge on any atom is 0.314 e. The fourth-order valence-corrected chi connectivity index (χ4v) is 4.54. The Morgan fingerprint density at radius 2 is 1.73 bits per heavy atom. The normalized spacial score (nSPS) is 20.1. The molecule has 0 spiro atoms. The Labute approximate surface area is 179 Å². The van der Waals surface area contributed by atoms with E-state index in [4.69, 9.17) is 5.73 Å². The van der Waals surface area contributed by atoms with Gasteiger partial charge < -0.3 is 20.4 Å². The van der Waals surface area contributed by atoms with E-state index in [1.54, 1.807) is 9.80 Å². The average molecular weight is 415 g/mol. The summed E-state index contributed by atoms with van der Waals surface area (Å²) in [4.78, 5) is 42.0. The lowest BCUT2D eigenvalue weighted by Crippen LogP contribution is -2.49. The predicted octanol–water partition coefficient (Wildman–Crippen LogP) is 2.45. The maximum atomic E-state index is 12.8. The van der Waals surface area contributed by atoms with Crippen LogP contribution < -0.4 is 5.73 Å². The van der Waals surface area contributed by atoms with Gasteiger partial charge in [0.1, 0.15) is 0 Å². The van der Waals surface area contributed by atoms with Gasteiger partial charge >= 0.3 is 6.03 Å². The number of piperidine rings is 2. The molecule has 164 valence electrons. The molecule has 2 aliphatic heterocycles. The van der Waals surface area contributed by atoms with Crippen molar-refractivity contribution in [1.82, 2.24) is 14.7 Å². The molecule has 0 unspecified atom stereocenters. The second kappa shape index (κ2) is 10.5. The molecule has 0 aliphatic carbocycles. The lowest BCUT2D eigenvalue weighted by atomic mass is 9.90. The van der Waals surface area contributed by atoms with E-state index in [-0.39, 0.29) is 17.7 Å². The zero-order valence-corrected chi connectivity index (χ0v) is 18.0. The van der Waals surface area contributed by atoms with E-state index in [2.05, 4.69) is 0 Å². The van der Waals surface area contributed by atoms with E-state index in [1.165, 1.54) is 0 Å². The lowest BCUT2D eigenvalue weighted by molar-refractivity contribution is -0.138. The van der Waals surface area contributed by atoms with Crippen LogP contribution in [0, 0.1) is 11.8 Å².